The molecule has 0 aliphatic carbocycles. The molecule has 2 aromatic heterocycles. The van der Waals surface area contributed by atoms with E-state index in [1.54, 1.807) is 18.2 Å². The van der Waals surface area contributed by atoms with Gasteiger partial charge in [0.25, 0.3) is 0 Å². The molecule has 0 saturated heterocycles. The molecule has 0 spiro atoms. The van der Waals surface area contributed by atoms with Gasteiger partial charge in [-0.1, -0.05) is 12.1 Å². The summed E-state index contributed by atoms with van der Waals surface area (Å²) in [5, 5.41) is 19.5. The smallest absolute Gasteiger partial charge is 0.309 e. The molecule has 7 nitrogen and oxygen atoms in total. The zero-order valence-corrected chi connectivity index (χ0v) is 18.0. The van der Waals surface area contributed by atoms with Crippen LogP contribution in [0.25, 0.3) is 11.1 Å². The van der Waals surface area contributed by atoms with Crippen LogP contribution in [0.2, 0.25) is 0 Å². The fourth-order valence-corrected chi connectivity index (χ4v) is 3.77. The number of rotatable bonds is 6. The van der Waals surface area contributed by atoms with E-state index >= 15 is 0 Å². The third kappa shape index (κ3) is 4.49. The summed E-state index contributed by atoms with van der Waals surface area (Å²) >= 11 is 0. The van der Waals surface area contributed by atoms with E-state index in [1.165, 1.54) is 32.4 Å². The summed E-state index contributed by atoms with van der Waals surface area (Å²) in [5.74, 6) is -2.76. The number of benzene rings is 1. The van der Waals surface area contributed by atoms with E-state index in [9.17, 15) is 18.7 Å². The lowest BCUT2D eigenvalue weighted by Crippen LogP contribution is -2.20. The maximum Gasteiger partial charge on any atom is 0.309 e. The Bertz CT molecular complexity index is 1200. The van der Waals surface area contributed by atoms with E-state index in [-0.39, 0.29) is 22.7 Å². The summed E-state index contributed by atoms with van der Waals surface area (Å²) in [4.78, 5) is 19.2. The van der Waals surface area contributed by atoms with Crippen molar-refractivity contribution >= 4 is 5.97 Å². The Hall–Kier alpha value is -3.59. The summed E-state index contributed by atoms with van der Waals surface area (Å²) in [6.45, 7) is 1.41. The van der Waals surface area contributed by atoms with Crippen LogP contribution in [-0.2, 0) is 11.2 Å². The van der Waals surface area contributed by atoms with Crippen molar-refractivity contribution in [1.82, 2.24) is 9.97 Å². The number of fused-ring (bicyclic) bond motifs is 1. The van der Waals surface area contributed by atoms with Crippen LogP contribution in [0.3, 0.4) is 0 Å². The highest BCUT2D eigenvalue weighted by molar-refractivity contribution is 5.70. The minimum Gasteiger partial charge on any atom is -0.484 e. The van der Waals surface area contributed by atoms with Gasteiger partial charge in [0.05, 0.1) is 25.3 Å². The van der Waals surface area contributed by atoms with E-state index in [0.717, 1.165) is 11.8 Å². The first kappa shape index (κ1) is 22.6. The molecule has 1 unspecified atom stereocenters. The molecule has 1 aromatic carbocycles. The van der Waals surface area contributed by atoms with Crippen molar-refractivity contribution in [3.05, 3.63) is 71.2 Å². The number of carboxylic acid groups (broad SMARTS) is 1. The van der Waals surface area contributed by atoms with Gasteiger partial charge in [0.15, 0.2) is 0 Å². The van der Waals surface area contributed by atoms with Gasteiger partial charge in [0.1, 0.15) is 29.2 Å². The highest BCUT2D eigenvalue weighted by atomic mass is 19.1. The summed E-state index contributed by atoms with van der Waals surface area (Å²) in [5.41, 5.74) is 1.69. The zero-order chi connectivity index (χ0) is 23.7. The number of aliphatic carboxylic acids is 1. The monoisotopic (exact) mass is 456 g/mol. The fraction of sp³-hybridized carbons (Fsp3) is 0.292. The van der Waals surface area contributed by atoms with Crippen LogP contribution < -0.4 is 9.47 Å². The minimum absolute atomic E-state index is 0.0793. The van der Waals surface area contributed by atoms with Crippen LogP contribution in [0.4, 0.5) is 8.78 Å². The molecule has 1 aliphatic heterocycles. The van der Waals surface area contributed by atoms with E-state index in [2.05, 4.69) is 9.97 Å². The highest BCUT2D eigenvalue weighted by Crippen LogP contribution is 2.38. The standard InChI is InChI=1S/C24H22F2N2O5/c1-12(24(30)31)23(29)14-4-3-13-5-6-19(33-20(13)8-14)22-17(25)7-15(10-28-22)16-9-21(32-2)27-11-18(16)26/h3-4,7-12,19,23,29H,5-6H2,1-2H3,(H,30,31)/t12-,19?,23+/m0/s1. The molecule has 3 heterocycles. The van der Waals surface area contributed by atoms with Crippen molar-refractivity contribution in [2.24, 2.45) is 5.92 Å². The van der Waals surface area contributed by atoms with Crippen LogP contribution in [0.1, 0.15) is 42.4 Å². The number of aliphatic hydroxyl groups is 1. The number of aliphatic hydroxyl groups excluding tert-OH is 1. The zero-order valence-electron chi connectivity index (χ0n) is 18.0. The van der Waals surface area contributed by atoms with Gasteiger partial charge in [-0.25, -0.2) is 13.8 Å². The molecule has 33 heavy (non-hydrogen) atoms. The van der Waals surface area contributed by atoms with Gasteiger partial charge in [-0.2, -0.15) is 0 Å². The molecule has 9 heteroatoms. The summed E-state index contributed by atoms with van der Waals surface area (Å²) < 4.78 is 40.2. The van der Waals surface area contributed by atoms with Crippen molar-refractivity contribution in [3.8, 4) is 22.8 Å². The SMILES string of the molecule is COc1cc(-c2cnc(C3CCc4ccc([C@H](O)[C@H](C)C(=O)O)cc4O3)c(F)c2)c(F)cn1. The van der Waals surface area contributed by atoms with Gasteiger partial charge in [-0.15, -0.1) is 0 Å². The Morgan fingerprint density at radius 3 is 2.67 bits per heavy atom. The molecule has 3 aromatic rings. The number of hydrogen-bond acceptors (Lipinski definition) is 6. The third-order valence-corrected chi connectivity index (χ3v) is 5.77. The van der Waals surface area contributed by atoms with Gasteiger partial charge >= 0.3 is 5.97 Å². The highest BCUT2D eigenvalue weighted by Gasteiger charge is 2.28. The first-order valence-corrected chi connectivity index (χ1v) is 10.3. The predicted molar refractivity (Wildman–Crippen MR) is 114 cm³/mol. The Kier molecular flexibility index (Phi) is 6.24. The van der Waals surface area contributed by atoms with Crippen molar-refractivity contribution in [3.63, 3.8) is 0 Å². The molecular formula is C24H22F2N2O5. The first-order chi connectivity index (χ1) is 15.8. The Morgan fingerprint density at radius 2 is 1.97 bits per heavy atom. The number of pyridine rings is 2. The van der Waals surface area contributed by atoms with E-state index in [1.807, 2.05) is 0 Å². The average Bonchev–Trinajstić information content (AvgIpc) is 2.82. The molecule has 0 saturated carbocycles. The number of aryl methyl sites for hydroxylation is 1. The summed E-state index contributed by atoms with van der Waals surface area (Å²) in [6, 6.07) is 7.57. The second kappa shape index (κ2) is 9.11. The molecule has 4 rings (SSSR count). The number of nitrogens with zero attached hydrogens (tertiary/aromatic N) is 2. The lowest BCUT2D eigenvalue weighted by atomic mass is 9.93. The van der Waals surface area contributed by atoms with E-state index < -0.39 is 35.7 Å². The van der Waals surface area contributed by atoms with Gasteiger partial charge in [0.2, 0.25) is 5.88 Å². The number of carbonyl (C=O) groups is 1. The van der Waals surface area contributed by atoms with Crippen LogP contribution in [-0.4, -0.2) is 33.3 Å². The van der Waals surface area contributed by atoms with E-state index in [4.69, 9.17) is 14.6 Å². The maximum atomic E-state index is 15.0. The number of hydrogen-bond donors (Lipinski definition) is 2. The van der Waals surface area contributed by atoms with Crippen LogP contribution in [0.5, 0.6) is 11.6 Å². The Balaban J connectivity index is 1.60. The average molecular weight is 456 g/mol. The molecule has 0 amide bonds. The maximum absolute atomic E-state index is 15.0. The number of methoxy groups -OCH3 is 1. The van der Waals surface area contributed by atoms with Crippen molar-refractivity contribution in [1.29, 1.82) is 0 Å². The minimum atomic E-state index is -1.21. The number of ether oxygens (including phenoxy) is 2. The first-order valence-electron chi connectivity index (χ1n) is 10.3. The van der Waals surface area contributed by atoms with Crippen LogP contribution in [0.15, 0.2) is 42.7 Å². The van der Waals surface area contributed by atoms with Crippen LogP contribution in [0, 0.1) is 17.6 Å². The summed E-state index contributed by atoms with van der Waals surface area (Å²) in [6.07, 6.45) is 1.53. The lowest BCUT2D eigenvalue weighted by molar-refractivity contribution is -0.145. The van der Waals surface area contributed by atoms with Crippen molar-refractivity contribution < 1.29 is 33.3 Å². The quantitative estimate of drug-likeness (QED) is 0.572. The summed E-state index contributed by atoms with van der Waals surface area (Å²) in [7, 11) is 1.40. The van der Waals surface area contributed by atoms with Crippen LogP contribution >= 0.6 is 0 Å². The van der Waals surface area contributed by atoms with Gasteiger partial charge in [-0.3, -0.25) is 9.78 Å². The van der Waals surface area contributed by atoms with Crippen molar-refractivity contribution in [2.75, 3.05) is 7.11 Å². The van der Waals surface area contributed by atoms with Gasteiger partial charge in [-0.05, 0) is 43.0 Å². The molecule has 172 valence electrons. The lowest BCUT2D eigenvalue weighted by Gasteiger charge is -2.27. The second-order valence-corrected chi connectivity index (χ2v) is 7.88. The normalized spacial score (nSPS) is 16.9. The third-order valence-electron chi connectivity index (χ3n) is 5.77. The predicted octanol–water partition coefficient (Wildman–Crippen LogP) is 4.25. The number of carboxylic acids is 1. The molecular weight excluding hydrogens is 434 g/mol. The Morgan fingerprint density at radius 1 is 1.18 bits per heavy atom. The second-order valence-electron chi connectivity index (χ2n) is 7.88. The molecule has 0 fully saturated rings. The van der Waals surface area contributed by atoms with Gasteiger partial charge in [0, 0.05) is 23.4 Å². The molecule has 1 aliphatic rings. The largest absolute Gasteiger partial charge is 0.484 e. The van der Waals surface area contributed by atoms with Gasteiger partial charge < -0.3 is 19.7 Å². The number of aromatic nitrogens is 2. The molecule has 0 bridgehead atoms. The number of halogens is 2. The molecule has 0 radical (unpaired) electrons. The molecule has 3 atom stereocenters. The van der Waals surface area contributed by atoms with E-state index in [0.29, 0.717) is 24.2 Å². The fourth-order valence-electron chi connectivity index (χ4n) is 3.77. The van der Waals surface area contributed by atoms with Crippen molar-refractivity contribution in [2.45, 2.75) is 32.0 Å². The Labute approximate surface area is 188 Å². The molecule has 2 N–H and O–H groups in total. The topological polar surface area (TPSA) is 102 Å².